The van der Waals surface area contributed by atoms with Crippen LogP contribution in [0.25, 0.3) is 16.9 Å². The minimum atomic E-state index is -0.190. The first-order chi connectivity index (χ1) is 10.6. The number of amides is 1. The number of carbonyl (C=O) groups is 1. The zero-order chi connectivity index (χ0) is 15.7. The molecule has 3 aromatic heterocycles. The Morgan fingerprint density at radius 2 is 2.18 bits per heavy atom. The molecule has 3 rings (SSSR count). The van der Waals surface area contributed by atoms with Crippen LogP contribution in [-0.2, 0) is 18.3 Å². The van der Waals surface area contributed by atoms with Crippen molar-refractivity contribution in [2.45, 2.75) is 13.3 Å². The van der Waals surface area contributed by atoms with E-state index in [2.05, 4.69) is 20.4 Å². The van der Waals surface area contributed by atoms with Crippen LogP contribution in [0.15, 0.2) is 24.8 Å². The van der Waals surface area contributed by atoms with Crippen LogP contribution >= 0.6 is 0 Å². The van der Waals surface area contributed by atoms with E-state index in [4.69, 9.17) is 5.73 Å². The Labute approximate surface area is 127 Å². The standard InChI is InChI=1S/C14H17N7O/c1-9(22)18-13-14-16-6-12(10-5-17-20(2)7-10)21(14)8-11(19-13)3-4-15/h5-8H,3-4,15H2,1-2H3,(H,18,19,22). The van der Waals surface area contributed by atoms with E-state index in [0.717, 1.165) is 17.0 Å². The number of hydrogen-bond donors (Lipinski definition) is 2. The van der Waals surface area contributed by atoms with Crippen LogP contribution in [0.3, 0.4) is 0 Å². The maximum Gasteiger partial charge on any atom is 0.222 e. The molecule has 3 N–H and O–H groups in total. The first-order valence-electron chi connectivity index (χ1n) is 6.92. The maximum absolute atomic E-state index is 11.4. The van der Waals surface area contributed by atoms with Gasteiger partial charge in [0.15, 0.2) is 11.5 Å². The van der Waals surface area contributed by atoms with Gasteiger partial charge in [-0.1, -0.05) is 0 Å². The summed E-state index contributed by atoms with van der Waals surface area (Å²) in [5.74, 6) is 0.249. The van der Waals surface area contributed by atoms with Gasteiger partial charge in [-0.2, -0.15) is 5.10 Å². The highest BCUT2D eigenvalue weighted by Gasteiger charge is 2.14. The van der Waals surface area contributed by atoms with Crippen LogP contribution in [0, 0.1) is 0 Å². The fourth-order valence-corrected chi connectivity index (χ4v) is 2.32. The van der Waals surface area contributed by atoms with Gasteiger partial charge in [-0.25, -0.2) is 9.97 Å². The van der Waals surface area contributed by atoms with E-state index in [1.54, 1.807) is 17.1 Å². The van der Waals surface area contributed by atoms with Crippen LogP contribution in [0.5, 0.6) is 0 Å². The van der Waals surface area contributed by atoms with Crippen LogP contribution in [0.1, 0.15) is 12.6 Å². The molecule has 0 aliphatic rings. The Morgan fingerprint density at radius 3 is 2.82 bits per heavy atom. The van der Waals surface area contributed by atoms with Crippen molar-refractivity contribution in [1.29, 1.82) is 0 Å². The van der Waals surface area contributed by atoms with Crippen LogP contribution < -0.4 is 11.1 Å². The summed E-state index contributed by atoms with van der Waals surface area (Å²) in [5.41, 5.74) is 8.83. The van der Waals surface area contributed by atoms with Gasteiger partial charge in [0, 0.05) is 38.3 Å². The Kier molecular flexibility index (Phi) is 3.60. The molecule has 0 atom stereocenters. The molecule has 0 radical (unpaired) electrons. The molecule has 8 nitrogen and oxygen atoms in total. The normalized spacial score (nSPS) is 11.0. The number of nitrogens with one attached hydrogen (secondary N) is 1. The Balaban J connectivity index is 2.19. The molecule has 0 unspecified atom stereocenters. The number of anilines is 1. The topological polar surface area (TPSA) is 103 Å². The average Bonchev–Trinajstić information content (AvgIpc) is 3.04. The molecule has 0 saturated heterocycles. The number of nitrogens with two attached hydrogens (primary N) is 1. The summed E-state index contributed by atoms with van der Waals surface area (Å²) in [7, 11) is 1.86. The molecular weight excluding hydrogens is 282 g/mol. The lowest BCUT2D eigenvalue weighted by molar-refractivity contribution is -0.114. The zero-order valence-corrected chi connectivity index (χ0v) is 12.4. The molecule has 0 aliphatic carbocycles. The largest absolute Gasteiger partial charge is 0.330 e. The molecule has 0 aliphatic heterocycles. The van der Waals surface area contributed by atoms with Crippen LogP contribution in [-0.4, -0.2) is 36.6 Å². The Bertz CT molecular complexity index is 833. The highest BCUT2D eigenvalue weighted by molar-refractivity contribution is 5.91. The van der Waals surface area contributed by atoms with Crippen LogP contribution in [0.4, 0.5) is 5.82 Å². The highest BCUT2D eigenvalue weighted by atomic mass is 16.1. The number of aryl methyl sites for hydroxylation is 1. The second kappa shape index (κ2) is 5.57. The summed E-state index contributed by atoms with van der Waals surface area (Å²) in [5, 5.41) is 6.90. The van der Waals surface area contributed by atoms with Crippen molar-refractivity contribution < 1.29 is 4.79 Å². The van der Waals surface area contributed by atoms with Crippen molar-refractivity contribution in [3.05, 3.63) is 30.5 Å². The molecular formula is C14H17N7O. The molecule has 3 heterocycles. The third-order valence-electron chi connectivity index (χ3n) is 3.24. The second-order valence-electron chi connectivity index (χ2n) is 5.04. The van der Waals surface area contributed by atoms with Gasteiger partial charge in [-0.3, -0.25) is 13.9 Å². The van der Waals surface area contributed by atoms with Gasteiger partial charge in [0.05, 0.1) is 23.8 Å². The third-order valence-corrected chi connectivity index (χ3v) is 3.24. The maximum atomic E-state index is 11.4. The molecule has 0 fully saturated rings. The van der Waals surface area contributed by atoms with E-state index in [9.17, 15) is 4.79 Å². The second-order valence-corrected chi connectivity index (χ2v) is 5.04. The van der Waals surface area contributed by atoms with Gasteiger partial charge in [0.25, 0.3) is 0 Å². The summed E-state index contributed by atoms with van der Waals surface area (Å²) >= 11 is 0. The number of fused-ring (bicyclic) bond motifs is 1. The molecule has 0 aromatic carbocycles. The third kappa shape index (κ3) is 2.56. The summed E-state index contributed by atoms with van der Waals surface area (Å²) < 4.78 is 3.63. The number of hydrogen-bond acceptors (Lipinski definition) is 5. The van der Waals surface area contributed by atoms with Gasteiger partial charge in [-0.05, 0) is 6.54 Å². The van der Waals surface area contributed by atoms with Gasteiger partial charge >= 0.3 is 0 Å². The molecule has 114 valence electrons. The minimum absolute atomic E-state index is 0.190. The lowest BCUT2D eigenvalue weighted by Crippen LogP contribution is -2.12. The SMILES string of the molecule is CC(=O)Nc1nc(CCN)cn2c(-c3cnn(C)c3)cnc12. The van der Waals surface area contributed by atoms with E-state index in [-0.39, 0.29) is 5.91 Å². The fraction of sp³-hybridized carbons (Fsp3) is 0.286. The summed E-state index contributed by atoms with van der Waals surface area (Å²) in [6, 6.07) is 0. The van der Waals surface area contributed by atoms with Crippen molar-refractivity contribution in [2.24, 2.45) is 12.8 Å². The number of imidazole rings is 1. The van der Waals surface area contributed by atoms with E-state index in [0.29, 0.717) is 24.4 Å². The van der Waals surface area contributed by atoms with Crippen molar-refractivity contribution in [1.82, 2.24) is 24.1 Å². The van der Waals surface area contributed by atoms with E-state index >= 15 is 0 Å². The van der Waals surface area contributed by atoms with Crippen LogP contribution in [0.2, 0.25) is 0 Å². The Hall–Kier alpha value is -2.74. The van der Waals surface area contributed by atoms with Gasteiger partial charge in [-0.15, -0.1) is 0 Å². The molecule has 3 aromatic rings. The summed E-state index contributed by atoms with van der Waals surface area (Å²) in [4.78, 5) is 20.2. The van der Waals surface area contributed by atoms with Gasteiger partial charge in [0.2, 0.25) is 5.91 Å². The fourth-order valence-electron chi connectivity index (χ4n) is 2.32. The molecule has 8 heteroatoms. The first kappa shape index (κ1) is 14.2. The van der Waals surface area contributed by atoms with Crippen molar-refractivity contribution in [3.63, 3.8) is 0 Å². The average molecular weight is 299 g/mol. The van der Waals surface area contributed by atoms with E-state index in [1.807, 2.05) is 23.8 Å². The van der Waals surface area contributed by atoms with E-state index < -0.39 is 0 Å². The molecule has 22 heavy (non-hydrogen) atoms. The molecule has 1 amide bonds. The lowest BCUT2D eigenvalue weighted by Gasteiger charge is -2.08. The smallest absolute Gasteiger partial charge is 0.222 e. The molecule has 0 bridgehead atoms. The Morgan fingerprint density at radius 1 is 1.36 bits per heavy atom. The van der Waals surface area contributed by atoms with Crippen molar-refractivity contribution in [3.8, 4) is 11.3 Å². The number of carbonyl (C=O) groups excluding carboxylic acids is 1. The molecule has 0 saturated carbocycles. The number of aromatic nitrogens is 5. The number of rotatable bonds is 4. The zero-order valence-electron chi connectivity index (χ0n) is 12.4. The minimum Gasteiger partial charge on any atom is -0.330 e. The van der Waals surface area contributed by atoms with Gasteiger partial charge in [0.1, 0.15) is 0 Å². The summed E-state index contributed by atoms with van der Waals surface area (Å²) in [6.45, 7) is 1.92. The van der Waals surface area contributed by atoms with Gasteiger partial charge < -0.3 is 11.1 Å². The molecule has 0 spiro atoms. The van der Waals surface area contributed by atoms with Crippen molar-refractivity contribution >= 4 is 17.4 Å². The predicted molar refractivity (Wildman–Crippen MR) is 82.3 cm³/mol. The highest BCUT2D eigenvalue weighted by Crippen LogP contribution is 2.24. The predicted octanol–water partition coefficient (Wildman–Crippen LogP) is 0.589. The monoisotopic (exact) mass is 299 g/mol. The van der Waals surface area contributed by atoms with Crippen molar-refractivity contribution in [2.75, 3.05) is 11.9 Å². The summed E-state index contributed by atoms with van der Waals surface area (Å²) in [6.07, 6.45) is 7.93. The first-order valence-corrected chi connectivity index (χ1v) is 6.92. The van der Waals surface area contributed by atoms with E-state index in [1.165, 1.54) is 6.92 Å². The quantitative estimate of drug-likeness (QED) is 0.734. The number of nitrogens with zero attached hydrogens (tertiary/aromatic N) is 5. The lowest BCUT2D eigenvalue weighted by atomic mass is 10.2.